The number of rotatable bonds is 4. The maximum Gasteiger partial charge on any atom is 0.287 e. The zero-order valence-corrected chi connectivity index (χ0v) is 7.34. The minimum atomic E-state index is -0.565. The van der Waals surface area contributed by atoms with Crippen LogP contribution < -0.4 is 5.73 Å². The van der Waals surface area contributed by atoms with Crippen LogP contribution in [-0.2, 0) is 0 Å². The second-order valence-corrected chi connectivity index (χ2v) is 2.62. The van der Waals surface area contributed by atoms with Crippen LogP contribution >= 0.6 is 0 Å². The van der Waals surface area contributed by atoms with Crippen molar-refractivity contribution in [2.75, 3.05) is 6.54 Å². The lowest BCUT2D eigenvalue weighted by atomic mass is 10.2. The van der Waals surface area contributed by atoms with Crippen molar-refractivity contribution in [2.45, 2.75) is 6.42 Å². The predicted molar refractivity (Wildman–Crippen MR) is 48.9 cm³/mol. The summed E-state index contributed by atoms with van der Waals surface area (Å²) in [6, 6.07) is 2.58. The smallest absolute Gasteiger partial charge is 0.287 e. The van der Waals surface area contributed by atoms with Gasteiger partial charge in [0.2, 0.25) is 0 Å². The van der Waals surface area contributed by atoms with Crippen molar-refractivity contribution < 1.29 is 9.72 Å². The molecule has 0 saturated carbocycles. The highest BCUT2D eigenvalue weighted by molar-refractivity contribution is 5.94. The van der Waals surface area contributed by atoms with Gasteiger partial charge in [-0.05, 0) is 12.6 Å². The van der Waals surface area contributed by atoms with Gasteiger partial charge in [-0.1, -0.05) is 0 Å². The summed E-state index contributed by atoms with van der Waals surface area (Å²) >= 11 is 0. The van der Waals surface area contributed by atoms with Gasteiger partial charge >= 0.3 is 0 Å². The number of aromatic nitrogens is 1. The molecular formula is C8H9N3O3. The largest absolute Gasteiger partial charge is 0.330 e. The first kappa shape index (κ1) is 10.3. The molecule has 0 fully saturated rings. The van der Waals surface area contributed by atoms with Crippen LogP contribution in [0.4, 0.5) is 5.69 Å². The third-order valence-corrected chi connectivity index (χ3v) is 1.62. The first-order valence-electron chi connectivity index (χ1n) is 3.99. The fourth-order valence-corrected chi connectivity index (χ4v) is 0.918. The molecule has 0 aliphatic rings. The maximum absolute atomic E-state index is 11.2. The number of Topliss-reactive ketones (excluding diaryl/α,β-unsaturated/α-hetero) is 1. The lowest BCUT2D eigenvalue weighted by molar-refractivity contribution is -0.385. The molecule has 1 heterocycles. The van der Waals surface area contributed by atoms with E-state index in [2.05, 4.69) is 4.98 Å². The molecule has 0 saturated heterocycles. The van der Waals surface area contributed by atoms with Gasteiger partial charge < -0.3 is 5.73 Å². The molecule has 1 aromatic heterocycles. The highest BCUT2D eigenvalue weighted by Gasteiger charge is 2.09. The first-order valence-corrected chi connectivity index (χ1v) is 3.99. The Kier molecular flexibility index (Phi) is 3.24. The second kappa shape index (κ2) is 4.43. The zero-order valence-electron chi connectivity index (χ0n) is 7.34. The number of carbonyl (C=O) groups is 1. The van der Waals surface area contributed by atoms with E-state index in [1.165, 1.54) is 12.1 Å². The minimum Gasteiger partial charge on any atom is -0.330 e. The van der Waals surface area contributed by atoms with Crippen LogP contribution in [0.2, 0.25) is 0 Å². The Balaban J connectivity index is 2.83. The summed E-state index contributed by atoms with van der Waals surface area (Å²) in [5, 5.41) is 10.3. The predicted octanol–water partition coefficient (Wildman–Crippen LogP) is 0.521. The van der Waals surface area contributed by atoms with Gasteiger partial charge in [0.05, 0.1) is 4.92 Å². The average molecular weight is 195 g/mol. The fraction of sp³-hybridized carbons (Fsp3) is 0.250. The van der Waals surface area contributed by atoms with Gasteiger partial charge in [0.1, 0.15) is 11.9 Å². The van der Waals surface area contributed by atoms with Crippen molar-refractivity contribution in [3.8, 4) is 0 Å². The van der Waals surface area contributed by atoms with Gasteiger partial charge in [0.25, 0.3) is 5.69 Å². The van der Waals surface area contributed by atoms with E-state index >= 15 is 0 Å². The molecule has 2 N–H and O–H groups in total. The Morgan fingerprint density at radius 2 is 2.29 bits per heavy atom. The van der Waals surface area contributed by atoms with E-state index in [4.69, 9.17) is 5.73 Å². The molecule has 0 atom stereocenters. The summed E-state index contributed by atoms with van der Waals surface area (Å²) < 4.78 is 0. The third-order valence-electron chi connectivity index (χ3n) is 1.62. The SMILES string of the molecule is NCCC(=O)c1ccc([N+](=O)[O-])cn1. The van der Waals surface area contributed by atoms with E-state index in [0.717, 1.165) is 6.20 Å². The molecule has 0 radical (unpaired) electrons. The molecule has 6 heteroatoms. The zero-order chi connectivity index (χ0) is 10.6. The van der Waals surface area contributed by atoms with Crippen LogP contribution in [0.25, 0.3) is 0 Å². The van der Waals surface area contributed by atoms with Gasteiger partial charge in [0, 0.05) is 12.5 Å². The molecule has 0 bridgehead atoms. The molecule has 0 aliphatic carbocycles. The summed E-state index contributed by atoms with van der Waals surface area (Å²) in [4.78, 5) is 24.6. The number of nitro groups is 1. The van der Waals surface area contributed by atoms with Crippen molar-refractivity contribution in [3.05, 3.63) is 34.1 Å². The highest BCUT2D eigenvalue weighted by Crippen LogP contribution is 2.09. The van der Waals surface area contributed by atoms with Crippen molar-refractivity contribution >= 4 is 11.5 Å². The number of nitrogens with two attached hydrogens (primary N) is 1. The summed E-state index contributed by atoms with van der Waals surface area (Å²) in [5.74, 6) is -0.206. The Bertz CT molecular complexity index is 347. The number of hydrogen-bond donors (Lipinski definition) is 1. The normalized spacial score (nSPS) is 9.79. The number of pyridine rings is 1. The van der Waals surface area contributed by atoms with Crippen molar-refractivity contribution in [3.63, 3.8) is 0 Å². The van der Waals surface area contributed by atoms with E-state index in [1.54, 1.807) is 0 Å². The van der Waals surface area contributed by atoms with Crippen LogP contribution in [0.3, 0.4) is 0 Å². The second-order valence-electron chi connectivity index (χ2n) is 2.62. The average Bonchev–Trinajstić information content (AvgIpc) is 2.18. The standard InChI is InChI=1S/C8H9N3O3/c9-4-3-8(12)7-2-1-6(5-10-7)11(13)14/h1-2,5H,3-4,9H2. The van der Waals surface area contributed by atoms with Gasteiger partial charge in [0.15, 0.2) is 5.78 Å². The van der Waals surface area contributed by atoms with Gasteiger partial charge in [-0.3, -0.25) is 14.9 Å². The Hall–Kier alpha value is -1.82. The molecule has 74 valence electrons. The Labute approximate surface area is 79.9 Å². The topological polar surface area (TPSA) is 99.1 Å². The Morgan fingerprint density at radius 1 is 1.57 bits per heavy atom. The molecule has 14 heavy (non-hydrogen) atoms. The van der Waals surface area contributed by atoms with Crippen molar-refractivity contribution in [2.24, 2.45) is 5.73 Å². The van der Waals surface area contributed by atoms with E-state index < -0.39 is 4.92 Å². The molecule has 0 spiro atoms. The van der Waals surface area contributed by atoms with E-state index in [1.807, 2.05) is 0 Å². The number of nitrogens with zero attached hydrogens (tertiary/aromatic N) is 2. The maximum atomic E-state index is 11.2. The molecular weight excluding hydrogens is 186 g/mol. The highest BCUT2D eigenvalue weighted by atomic mass is 16.6. The van der Waals surface area contributed by atoms with Crippen LogP contribution in [-0.4, -0.2) is 22.2 Å². The lowest BCUT2D eigenvalue weighted by Crippen LogP contribution is -2.09. The van der Waals surface area contributed by atoms with E-state index in [9.17, 15) is 14.9 Å². The van der Waals surface area contributed by atoms with Crippen molar-refractivity contribution in [1.82, 2.24) is 4.98 Å². The molecule has 1 rings (SSSR count). The molecule has 0 amide bonds. The number of ketones is 1. The quantitative estimate of drug-likeness (QED) is 0.429. The fourth-order valence-electron chi connectivity index (χ4n) is 0.918. The van der Waals surface area contributed by atoms with Gasteiger partial charge in [-0.15, -0.1) is 0 Å². The lowest BCUT2D eigenvalue weighted by Gasteiger charge is -1.96. The van der Waals surface area contributed by atoms with Gasteiger partial charge in [-0.2, -0.15) is 0 Å². The summed E-state index contributed by atoms with van der Waals surface area (Å²) in [5.41, 5.74) is 5.27. The van der Waals surface area contributed by atoms with Crippen LogP contribution in [0, 0.1) is 10.1 Å². The van der Waals surface area contributed by atoms with Crippen LogP contribution in [0.5, 0.6) is 0 Å². The van der Waals surface area contributed by atoms with Gasteiger partial charge in [-0.25, -0.2) is 4.98 Å². The minimum absolute atomic E-state index is 0.130. The molecule has 0 aromatic carbocycles. The summed E-state index contributed by atoms with van der Waals surface area (Å²) in [6.45, 7) is 0.248. The summed E-state index contributed by atoms with van der Waals surface area (Å²) in [7, 11) is 0. The monoisotopic (exact) mass is 195 g/mol. The molecule has 0 unspecified atom stereocenters. The Morgan fingerprint density at radius 3 is 2.71 bits per heavy atom. The first-order chi connectivity index (χ1) is 6.65. The molecule has 0 aliphatic heterocycles. The number of carbonyl (C=O) groups excluding carboxylic acids is 1. The molecule has 1 aromatic rings. The van der Waals surface area contributed by atoms with E-state index in [0.29, 0.717) is 0 Å². The van der Waals surface area contributed by atoms with Crippen molar-refractivity contribution in [1.29, 1.82) is 0 Å². The third kappa shape index (κ3) is 2.33. The van der Waals surface area contributed by atoms with Crippen LogP contribution in [0.1, 0.15) is 16.9 Å². The summed E-state index contributed by atoms with van der Waals surface area (Å²) in [6.07, 6.45) is 1.26. The number of hydrogen-bond acceptors (Lipinski definition) is 5. The van der Waals surface area contributed by atoms with E-state index in [-0.39, 0.29) is 30.1 Å². The van der Waals surface area contributed by atoms with Crippen LogP contribution in [0.15, 0.2) is 18.3 Å². The molecule has 6 nitrogen and oxygen atoms in total.